The molecule has 0 radical (unpaired) electrons. The summed E-state index contributed by atoms with van der Waals surface area (Å²) >= 11 is 0. The van der Waals surface area contributed by atoms with Gasteiger partial charge in [-0.25, -0.2) is 14.0 Å². The third kappa shape index (κ3) is 3.34. The molecule has 1 rings (SSSR count). The summed E-state index contributed by atoms with van der Waals surface area (Å²) < 4.78 is 13.6. The Kier molecular flexibility index (Phi) is 4.04. The number of nitrogens with one attached hydrogen (secondary N) is 2. The second-order valence-corrected chi connectivity index (χ2v) is 3.18. The molecule has 2 amide bonds. The van der Waals surface area contributed by atoms with Crippen LogP contribution in [-0.4, -0.2) is 22.4 Å². The zero-order valence-electron chi connectivity index (χ0n) is 8.85. The predicted molar refractivity (Wildman–Crippen MR) is 56.2 cm³/mol. The Hall–Kier alpha value is -2.82. The normalized spacial score (nSPS) is 9.61. The quantitative estimate of drug-likeness (QED) is 0.603. The van der Waals surface area contributed by atoms with Gasteiger partial charge in [-0.2, -0.15) is 5.26 Å². The molecule has 0 atom stereocenters. The molecule has 1 aromatic rings. The number of rotatable bonds is 3. The lowest BCUT2D eigenvalue weighted by molar-refractivity contribution is 0.176. The average Bonchev–Trinajstić information content (AvgIpc) is 2.26. The van der Waals surface area contributed by atoms with Crippen LogP contribution in [0.2, 0.25) is 0 Å². The fourth-order valence-corrected chi connectivity index (χ4v) is 1.27. The first kappa shape index (κ1) is 13.2. The zero-order valence-corrected chi connectivity index (χ0v) is 8.85. The van der Waals surface area contributed by atoms with E-state index in [1.807, 2.05) is 10.6 Å². The van der Waals surface area contributed by atoms with Gasteiger partial charge in [0.1, 0.15) is 12.0 Å². The highest BCUT2D eigenvalue weighted by atomic mass is 19.1. The Morgan fingerprint density at radius 3 is 2.22 bits per heavy atom. The van der Waals surface area contributed by atoms with E-state index in [9.17, 15) is 14.0 Å². The van der Waals surface area contributed by atoms with E-state index in [0.29, 0.717) is 0 Å². The first-order chi connectivity index (χ1) is 8.43. The lowest BCUT2D eigenvalue weighted by Gasteiger charge is -2.17. The van der Waals surface area contributed by atoms with Crippen molar-refractivity contribution in [2.45, 2.75) is 6.17 Å². The highest BCUT2D eigenvalue weighted by Gasteiger charge is 2.19. The molecule has 0 saturated carbocycles. The van der Waals surface area contributed by atoms with Crippen LogP contribution in [0.15, 0.2) is 18.2 Å². The highest BCUT2D eigenvalue weighted by Crippen LogP contribution is 2.16. The van der Waals surface area contributed by atoms with Gasteiger partial charge in [-0.15, -0.1) is 0 Å². The van der Waals surface area contributed by atoms with Crippen LogP contribution in [0.4, 0.5) is 14.0 Å². The Morgan fingerprint density at radius 1 is 1.28 bits per heavy atom. The Bertz CT molecular complexity index is 510. The van der Waals surface area contributed by atoms with Crippen molar-refractivity contribution in [3.63, 3.8) is 0 Å². The number of carboxylic acid groups (broad SMARTS) is 2. The monoisotopic (exact) mass is 253 g/mol. The molecule has 1 aromatic carbocycles. The Balaban J connectivity index is 3.08. The van der Waals surface area contributed by atoms with Crippen molar-refractivity contribution >= 4 is 12.2 Å². The molecule has 0 heterocycles. The molecule has 94 valence electrons. The van der Waals surface area contributed by atoms with Gasteiger partial charge in [0.2, 0.25) is 0 Å². The molecule has 0 fully saturated rings. The third-order valence-electron chi connectivity index (χ3n) is 1.98. The standard InChI is InChI=1S/C10H8FN3O4/c11-7-3-5(4-12)1-2-6(7)8(13-9(15)16)14-10(17)18/h1-3,8,13-14H,(H,15,16)(H,17,18). The van der Waals surface area contributed by atoms with Crippen molar-refractivity contribution in [3.8, 4) is 6.07 Å². The molecular formula is C10H8FN3O4. The number of hydrogen-bond acceptors (Lipinski definition) is 3. The van der Waals surface area contributed by atoms with E-state index < -0.39 is 24.2 Å². The summed E-state index contributed by atoms with van der Waals surface area (Å²) in [5, 5.41) is 29.2. The maximum absolute atomic E-state index is 13.6. The largest absolute Gasteiger partial charge is 0.465 e. The Labute approximate surface area is 100 Å². The molecule has 0 aromatic heterocycles. The molecule has 8 heteroatoms. The minimum absolute atomic E-state index is 0.0423. The molecular weight excluding hydrogens is 245 g/mol. The van der Waals surface area contributed by atoms with E-state index in [4.69, 9.17) is 15.5 Å². The molecule has 0 spiro atoms. The summed E-state index contributed by atoms with van der Waals surface area (Å²) in [7, 11) is 0. The minimum Gasteiger partial charge on any atom is -0.465 e. The van der Waals surface area contributed by atoms with Crippen molar-refractivity contribution in [2.75, 3.05) is 0 Å². The van der Waals surface area contributed by atoms with E-state index >= 15 is 0 Å². The van der Waals surface area contributed by atoms with Crippen LogP contribution in [0.1, 0.15) is 17.3 Å². The third-order valence-corrected chi connectivity index (χ3v) is 1.98. The summed E-state index contributed by atoms with van der Waals surface area (Å²) in [6.45, 7) is 0. The number of benzene rings is 1. The second kappa shape index (κ2) is 5.49. The molecule has 0 saturated heterocycles. The Morgan fingerprint density at radius 2 is 1.83 bits per heavy atom. The minimum atomic E-state index is -1.52. The number of carbonyl (C=O) groups is 2. The predicted octanol–water partition coefficient (Wildman–Crippen LogP) is 1.23. The van der Waals surface area contributed by atoms with Crippen LogP contribution >= 0.6 is 0 Å². The van der Waals surface area contributed by atoms with Crippen molar-refractivity contribution in [1.29, 1.82) is 5.26 Å². The number of nitrogens with zero attached hydrogens (tertiary/aromatic N) is 1. The smallest absolute Gasteiger partial charge is 0.406 e. The fourth-order valence-electron chi connectivity index (χ4n) is 1.27. The van der Waals surface area contributed by atoms with Gasteiger partial charge in [-0.1, -0.05) is 6.07 Å². The maximum atomic E-state index is 13.6. The lowest BCUT2D eigenvalue weighted by atomic mass is 10.1. The van der Waals surface area contributed by atoms with Crippen molar-refractivity contribution in [3.05, 3.63) is 35.1 Å². The molecule has 0 unspecified atom stereocenters. The first-order valence-electron chi connectivity index (χ1n) is 4.62. The molecule has 18 heavy (non-hydrogen) atoms. The SMILES string of the molecule is N#Cc1ccc(C(NC(=O)O)NC(=O)O)c(F)c1. The summed E-state index contributed by atoms with van der Waals surface area (Å²) in [6.07, 6.45) is -4.48. The maximum Gasteiger partial charge on any atom is 0.406 e. The van der Waals surface area contributed by atoms with Gasteiger partial charge in [-0.3, -0.25) is 10.6 Å². The second-order valence-electron chi connectivity index (χ2n) is 3.18. The van der Waals surface area contributed by atoms with Crippen molar-refractivity contribution in [2.24, 2.45) is 0 Å². The van der Waals surface area contributed by atoms with Crippen LogP contribution in [0.3, 0.4) is 0 Å². The zero-order chi connectivity index (χ0) is 13.7. The molecule has 0 aliphatic heterocycles. The van der Waals surface area contributed by atoms with Crippen LogP contribution in [-0.2, 0) is 0 Å². The van der Waals surface area contributed by atoms with E-state index in [1.54, 1.807) is 6.07 Å². The summed E-state index contributed by atoms with van der Waals surface area (Å²) in [6, 6.07) is 4.96. The molecule has 0 aliphatic rings. The summed E-state index contributed by atoms with van der Waals surface area (Å²) in [5.74, 6) is -0.887. The van der Waals surface area contributed by atoms with Gasteiger partial charge in [-0.05, 0) is 12.1 Å². The molecule has 7 nitrogen and oxygen atoms in total. The van der Waals surface area contributed by atoms with Crippen molar-refractivity contribution in [1.82, 2.24) is 10.6 Å². The molecule has 4 N–H and O–H groups in total. The van der Waals surface area contributed by atoms with Crippen LogP contribution in [0.25, 0.3) is 0 Å². The lowest BCUT2D eigenvalue weighted by Crippen LogP contribution is -2.40. The number of hydrogen-bond donors (Lipinski definition) is 4. The van der Waals surface area contributed by atoms with Gasteiger partial charge in [0.25, 0.3) is 0 Å². The number of nitriles is 1. The highest BCUT2D eigenvalue weighted by molar-refractivity contribution is 5.69. The van der Waals surface area contributed by atoms with E-state index in [1.165, 1.54) is 6.07 Å². The van der Waals surface area contributed by atoms with Gasteiger partial charge in [0.15, 0.2) is 0 Å². The van der Waals surface area contributed by atoms with Crippen molar-refractivity contribution < 1.29 is 24.2 Å². The molecule has 0 bridgehead atoms. The summed E-state index contributed by atoms with van der Waals surface area (Å²) in [5.41, 5.74) is -0.181. The van der Waals surface area contributed by atoms with E-state index in [2.05, 4.69) is 0 Å². The van der Waals surface area contributed by atoms with Gasteiger partial charge >= 0.3 is 12.2 Å². The van der Waals surface area contributed by atoms with Crippen LogP contribution in [0, 0.1) is 17.1 Å². The van der Waals surface area contributed by atoms with Crippen LogP contribution in [0.5, 0.6) is 0 Å². The number of halogens is 1. The average molecular weight is 253 g/mol. The van der Waals surface area contributed by atoms with Gasteiger partial charge < -0.3 is 10.2 Å². The topological polar surface area (TPSA) is 122 Å². The number of amides is 2. The van der Waals surface area contributed by atoms with Gasteiger partial charge in [0, 0.05) is 5.56 Å². The fraction of sp³-hybridized carbons (Fsp3) is 0.100. The van der Waals surface area contributed by atoms with Gasteiger partial charge in [0.05, 0.1) is 11.6 Å². The molecule has 0 aliphatic carbocycles. The van der Waals surface area contributed by atoms with E-state index in [-0.39, 0.29) is 11.1 Å². The summed E-state index contributed by atoms with van der Waals surface area (Å²) in [4.78, 5) is 21.0. The first-order valence-corrected chi connectivity index (χ1v) is 4.62. The van der Waals surface area contributed by atoms with Crippen LogP contribution < -0.4 is 10.6 Å². The van der Waals surface area contributed by atoms with E-state index in [0.717, 1.165) is 12.1 Å².